The maximum absolute atomic E-state index is 5.83. The first-order valence-electron chi connectivity index (χ1n) is 5.88. The summed E-state index contributed by atoms with van der Waals surface area (Å²) in [6, 6.07) is 0.437. The van der Waals surface area contributed by atoms with Crippen molar-refractivity contribution in [2.45, 2.75) is 38.6 Å². The van der Waals surface area contributed by atoms with Crippen molar-refractivity contribution >= 4 is 0 Å². The number of rotatable bonds is 6. The predicted octanol–water partition coefficient (Wildman–Crippen LogP) is 1.23. The molecule has 14 heavy (non-hydrogen) atoms. The van der Waals surface area contributed by atoms with Crippen LogP contribution in [0.2, 0.25) is 0 Å². The number of nitrogens with zero attached hydrogens (tertiary/aromatic N) is 1. The molecule has 0 atom stereocenters. The fourth-order valence-corrected chi connectivity index (χ4v) is 1.72. The summed E-state index contributed by atoms with van der Waals surface area (Å²) < 4.78 is 5.53. The van der Waals surface area contributed by atoms with Crippen LogP contribution in [0.1, 0.15) is 32.6 Å². The Morgan fingerprint density at radius 1 is 1.29 bits per heavy atom. The van der Waals surface area contributed by atoms with Gasteiger partial charge in [0.15, 0.2) is 0 Å². The Morgan fingerprint density at radius 3 is 2.64 bits per heavy atom. The van der Waals surface area contributed by atoms with Crippen molar-refractivity contribution in [1.82, 2.24) is 4.90 Å². The van der Waals surface area contributed by atoms with Gasteiger partial charge < -0.3 is 15.4 Å². The van der Waals surface area contributed by atoms with E-state index in [0.29, 0.717) is 6.04 Å². The first-order chi connectivity index (χ1) is 6.83. The Morgan fingerprint density at radius 2 is 2.00 bits per heavy atom. The highest BCUT2D eigenvalue weighted by atomic mass is 16.5. The van der Waals surface area contributed by atoms with Crippen LogP contribution in [0.25, 0.3) is 0 Å². The third kappa shape index (κ3) is 4.94. The van der Waals surface area contributed by atoms with Crippen LogP contribution in [0.4, 0.5) is 0 Å². The number of ether oxygens (including phenoxy) is 1. The molecule has 0 bridgehead atoms. The maximum atomic E-state index is 5.83. The third-order valence-electron chi connectivity index (χ3n) is 2.83. The average Bonchev–Trinajstić information content (AvgIpc) is 2.21. The standard InChI is InChI=1S/C11H24N2O/c1-2-3-9-14-10-8-13-6-4-11(12)5-7-13/h11H,2-10,12H2,1H3. The lowest BCUT2D eigenvalue weighted by Crippen LogP contribution is -2.41. The zero-order valence-electron chi connectivity index (χ0n) is 9.37. The lowest BCUT2D eigenvalue weighted by atomic mass is 10.1. The molecule has 1 fully saturated rings. The summed E-state index contributed by atoms with van der Waals surface area (Å²) >= 11 is 0. The summed E-state index contributed by atoms with van der Waals surface area (Å²) in [6.45, 7) is 7.38. The number of hydrogen-bond acceptors (Lipinski definition) is 3. The van der Waals surface area contributed by atoms with E-state index in [-0.39, 0.29) is 0 Å². The van der Waals surface area contributed by atoms with Crippen LogP contribution in [-0.2, 0) is 4.74 Å². The molecule has 0 aromatic rings. The number of nitrogens with two attached hydrogens (primary N) is 1. The monoisotopic (exact) mass is 200 g/mol. The second kappa shape index (κ2) is 7.21. The van der Waals surface area contributed by atoms with Gasteiger partial charge >= 0.3 is 0 Å². The van der Waals surface area contributed by atoms with Crippen molar-refractivity contribution in [3.63, 3.8) is 0 Å². The van der Waals surface area contributed by atoms with Crippen LogP contribution in [0.5, 0.6) is 0 Å². The second-order valence-corrected chi connectivity index (χ2v) is 4.14. The Bertz CT molecular complexity index is 133. The second-order valence-electron chi connectivity index (χ2n) is 4.14. The van der Waals surface area contributed by atoms with Crippen LogP contribution in [-0.4, -0.2) is 43.8 Å². The van der Waals surface area contributed by atoms with E-state index in [1.807, 2.05) is 0 Å². The summed E-state index contributed by atoms with van der Waals surface area (Å²) in [6.07, 6.45) is 4.70. The quantitative estimate of drug-likeness (QED) is 0.655. The minimum absolute atomic E-state index is 0.437. The third-order valence-corrected chi connectivity index (χ3v) is 2.83. The van der Waals surface area contributed by atoms with E-state index in [1.165, 1.54) is 12.8 Å². The fourth-order valence-electron chi connectivity index (χ4n) is 1.72. The summed E-state index contributed by atoms with van der Waals surface area (Å²) in [5, 5.41) is 0. The molecule has 0 aliphatic carbocycles. The number of piperidine rings is 1. The highest BCUT2D eigenvalue weighted by Crippen LogP contribution is 2.07. The molecular formula is C11H24N2O. The molecule has 1 aliphatic heterocycles. The van der Waals surface area contributed by atoms with Crippen LogP contribution in [0.3, 0.4) is 0 Å². The molecule has 0 amide bonds. The Kier molecular flexibility index (Phi) is 6.15. The van der Waals surface area contributed by atoms with E-state index < -0.39 is 0 Å². The molecule has 2 N–H and O–H groups in total. The van der Waals surface area contributed by atoms with Gasteiger partial charge in [-0.2, -0.15) is 0 Å². The summed E-state index contributed by atoms with van der Waals surface area (Å²) in [5.41, 5.74) is 5.83. The van der Waals surface area contributed by atoms with Gasteiger partial charge in [-0.1, -0.05) is 13.3 Å². The molecule has 0 unspecified atom stereocenters. The lowest BCUT2D eigenvalue weighted by Gasteiger charge is -2.29. The van der Waals surface area contributed by atoms with E-state index in [4.69, 9.17) is 10.5 Å². The van der Waals surface area contributed by atoms with E-state index in [0.717, 1.165) is 45.7 Å². The summed E-state index contributed by atoms with van der Waals surface area (Å²) in [5.74, 6) is 0. The molecule has 1 saturated heterocycles. The van der Waals surface area contributed by atoms with Crippen LogP contribution >= 0.6 is 0 Å². The zero-order chi connectivity index (χ0) is 10.2. The highest BCUT2D eigenvalue weighted by Gasteiger charge is 2.14. The van der Waals surface area contributed by atoms with Gasteiger partial charge in [-0.15, -0.1) is 0 Å². The van der Waals surface area contributed by atoms with Crippen LogP contribution in [0, 0.1) is 0 Å². The van der Waals surface area contributed by atoms with Crippen molar-refractivity contribution in [3.05, 3.63) is 0 Å². The SMILES string of the molecule is CCCCOCCN1CCC(N)CC1. The topological polar surface area (TPSA) is 38.5 Å². The van der Waals surface area contributed by atoms with Gasteiger partial charge in [-0.05, 0) is 32.4 Å². The number of likely N-dealkylation sites (tertiary alicyclic amines) is 1. The number of hydrogen-bond donors (Lipinski definition) is 1. The van der Waals surface area contributed by atoms with Crippen molar-refractivity contribution < 1.29 is 4.74 Å². The Labute approximate surface area is 87.6 Å². The van der Waals surface area contributed by atoms with Crippen molar-refractivity contribution in [2.75, 3.05) is 32.8 Å². The molecule has 0 radical (unpaired) electrons. The van der Waals surface area contributed by atoms with E-state index in [2.05, 4.69) is 11.8 Å². The van der Waals surface area contributed by atoms with Gasteiger partial charge in [0.2, 0.25) is 0 Å². The van der Waals surface area contributed by atoms with Crippen molar-refractivity contribution in [3.8, 4) is 0 Å². The summed E-state index contributed by atoms with van der Waals surface area (Å²) in [4.78, 5) is 2.45. The molecule has 0 saturated carbocycles. The molecule has 1 aliphatic rings. The predicted molar refractivity (Wildman–Crippen MR) is 59.4 cm³/mol. The molecule has 3 nitrogen and oxygen atoms in total. The molecule has 1 rings (SSSR count). The molecule has 1 heterocycles. The average molecular weight is 200 g/mol. The Hall–Kier alpha value is -0.120. The Balaban J connectivity index is 1.91. The molecular weight excluding hydrogens is 176 g/mol. The minimum atomic E-state index is 0.437. The van der Waals surface area contributed by atoms with Gasteiger partial charge in [0.1, 0.15) is 0 Å². The highest BCUT2D eigenvalue weighted by molar-refractivity contribution is 4.73. The van der Waals surface area contributed by atoms with Gasteiger partial charge in [-0.3, -0.25) is 0 Å². The minimum Gasteiger partial charge on any atom is -0.380 e. The van der Waals surface area contributed by atoms with Gasteiger partial charge in [0.05, 0.1) is 6.61 Å². The lowest BCUT2D eigenvalue weighted by molar-refractivity contribution is 0.0923. The smallest absolute Gasteiger partial charge is 0.0593 e. The summed E-state index contributed by atoms with van der Waals surface area (Å²) in [7, 11) is 0. The first-order valence-corrected chi connectivity index (χ1v) is 5.88. The molecule has 0 aromatic heterocycles. The largest absolute Gasteiger partial charge is 0.380 e. The normalized spacial score (nSPS) is 20.1. The van der Waals surface area contributed by atoms with Crippen molar-refractivity contribution in [2.24, 2.45) is 5.73 Å². The first kappa shape index (κ1) is 12.0. The van der Waals surface area contributed by atoms with E-state index in [1.54, 1.807) is 0 Å². The fraction of sp³-hybridized carbons (Fsp3) is 1.00. The van der Waals surface area contributed by atoms with Gasteiger partial charge in [-0.25, -0.2) is 0 Å². The zero-order valence-corrected chi connectivity index (χ0v) is 9.37. The number of unbranched alkanes of at least 4 members (excludes halogenated alkanes) is 1. The molecule has 0 aromatic carbocycles. The van der Waals surface area contributed by atoms with Crippen LogP contribution in [0.15, 0.2) is 0 Å². The van der Waals surface area contributed by atoms with Gasteiger partial charge in [0, 0.05) is 19.2 Å². The molecule has 3 heteroatoms. The maximum Gasteiger partial charge on any atom is 0.0593 e. The van der Waals surface area contributed by atoms with E-state index in [9.17, 15) is 0 Å². The van der Waals surface area contributed by atoms with E-state index >= 15 is 0 Å². The van der Waals surface area contributed by atoms with Crippen molar-refractivity contribution in [1.29, 1.82) is 0 Å². The molecule has 0 spiro atoms. The van der Waals surface area contributed by atoms with Gasteiger partial charge in [0.25, 0.3) is 0 Å². The van der Waals surface area contributed by atoms with Crippen LogP contribution < -0.4 is 5.73 Å². The molecule has 84 valence electrons.